The number of aliphatic hydroxyl groups is 1. The van der Waals surface area contributed by atoms with Crippen LogP contribution in [0.3, 0.4) is 0 Å². The van der Waals surface area contributed by atoms with Crippen LogP contribution in [0, 0.1) is 0 Å². The first-order valence-corrected chi connectivity index (χ1v) is 6.20. The largest absolute Gasteiger partial charge is 0.389 e. The Morgan fingerprint density at radius 2 is 1.94 bits per heavy atom. The second-order valence-corrected chi connectivity index (χ2v) is 4.44. The van der Waals surface area contributed by atoms with Gasteiger partial charge >= 0.3 is 0 Å². The van der Waals surface area contributed by atoms with Gasteiger partial charge in [0.05, 0.1) is 5.60 Å². The first-order chi connectivity index (χ1) is 7.55. The van der Waals surface area contributed by atoms with Crippen LogP contribution in [0.5, 0.6) is 0 Å². The zero-order chi connectivity index (χ0) is 12.4. The highest BCUT2D eigenvalue weighted by molar-refractivity contribution is 4.75. The fourth-order valence-electron chi connectivity index (χ4n) is 1.55. The van der Waals surface area contributed by atoms with Gasteiger partial charge in [-0.05, 0) is 20.0 Å². The Kier molecular flexibility index (Phi) is 8.84. The maximum absolute atomic E-state index is 9.97. The minimum Gasteiger partial charge on any atom is -0.389 e. The Bertz CT molecular complexity index is 159. The zero-order valence-electron chi connectivity index (χ0n) is 11.3. The van der Waals surface area contributed by atoms with Crippen molar-refractivity contribution in [3.8, 4) is 0 Å². The van der Waals surface area contributed by atoms with Crippen LogP contribution in [-0.4, -0.2) is 62.0 Å². The lowest BCUT2D eigenvalue weighted by Crippen LogP contribution is -2.41. The van der Waals surface area contributed by atoms with Gasteiger partial charge in [0.15, 0.2) is 0 Å². The Morgan fingerprint density at radius 3 is 2.44 bits per heavy atom. The molecule has 0 spiro atoms. The summed E-state index contributed by atoms with van der Waals surface area (Å²) in [6.45, 7) is 11.5. The number of nitrogens with one attached hydrogen (secondary N) is 1. The van der Waals surface area contributed by atoms with Crippen molar-refractivity contribution in [2.24, 2.45) is 0 Å². The molecule has 0 aromatic rings. The topological polar surface area (TPSA) is 44.7 Å². The van der Waals surface area contributed by atoms with Crippen molar-refractivity contribution < 1.29 is 9.84 Å². The van der Waals surface area contributed by atoms with E-state index in [1.807, 2.05) is 6.92 Å². The highest BCUT2D eigenvalue weighted by atomic mass is 16.5. The van der Waals surface area contributed by atoms with E-state index in [0.717, 1.165) is 26.2 Å². The van der Waals surface area contributed by atoms with Gasteiger partial charge < -0.3 is 20.1 Å². The van der Waals surface area contributed by atoms with Crippen molar-refractivity contribution in [2.45, 2.75) is 32.8 Å². The lowest BCUT2D eigenvalue weighted by molar-refractivity contribution is 0.0247. The molecule has 16 heavy (non-hydrogen) atoms. The van der Waals surface area contributed by atoms with Gasteiger partial charge in [0.1, 0.15) is 0 Å². The highest BCUT2D eigenvalue weighted by Crippen LogP contribution is 2.07. The lowest BCUT2D eigenvalue weighted by Gasteiger charge is -2.24. The first-order valence-electron chi connectivity index (χ1n) is 6.20. The third kappa shape index (κ3) is 8.05. The monoisotopic (exact) mass is 232 g/mol. The van der Waals surface area contributed by atoms with Crippen LogP contribution in [0.1, 0.15) is 27.2 Å². The van der Waals surface area contributed by atoms with Gasteiger partial charge in [0.25, 0.3) is 0 Å². The van der Waals surface area contributed by atoms with Gasteiger partial charge in [-0.3, -0.25) is 0 Å². The Labute approximate surface area is 100.0 Å². The molecule has 0 bridgehead atoms. The van der Waals surface area contributed by atoms with E-state index < -0.39 is 5.60 Å². The minimum absolute atomic E-state index is 0.602. The second kappa shape index (κ2) is 8.93. The maximum atomic E-state index is 9.97. The summed E-state index contributed by atoms with van der Waals surface area (Å²) >= 11 is 0. The van der Waals surface area contributed by atoms with Gasteiger partial charge in [0.2, 0.25) is 0 Å². The molecule has 0 radical (unpaired) electrons. The maximum Gasteiger partial charge on any atom is 0.0765 e. The van der Waals surface area contributed by atoms with Gasteiger partial charge in [-0.15, -0.1) is 0 Å². The van der Waals surface area contributed by atoms with Gasteiger partial charge in [-0.1, -0.05) is 13.8 Å². The molecule has 0 saturated heterocycles. The number of rotatable bonds is 10. The molecule has 0 aromatic heterocycles. The summed E-state index contributed by atoms with van der Waals surface area (Å²) in [7, 11) is 1.66. The van der Waals surface area contributed by atoms with Crippen molar-refractivity contribution in [3.63, 3.8) is 0 Å². The number of likely N-dealkylation sites (N-methyl/N-ethyl adjacent to an activating group) is 1. The molecule has 1 atom stereocenters. The average molecular weight is 232 g/mol. The van der Waals surface area contributed by atoms with Crippen LogP contribution in [0.15, 0.2) is 0 Å². The average Bonchev–Trinajstić information content (AvgIpc) is 2.27. The fourth-order valence-corrected chi connectivity index (χ4v) is 1.55. The lowest BCUT2D eigenvalue weighted by atomic mass is 10.0. The fraction of sp³-hybridized carbons (Fsp3) is 1.00. The van der Waals surface area contributed by atoms with Crippen molar-refractivity contribution in [1.82, 2.24) is 10.2 Å². The van der Waals surface area contributed by atoms with Crippen molar-refractivity contribution in [2.75, 3.05) is 46.4 Å². The highest BCUT2D eigenvalue weighted by Gasteiger charge is 2.18. The Balaban J connectivity index is 3.56. The van der Waals surface area contributed by atoms with Crippen molar-refractivity contribution in [3.05, 3.63) is 0 Å². The zero-order valence-corrected chi connectivity index (χ0v) is 11.3. The molecule has 2 N–H and O–H groups in total. The molecule has 0 fully saturated rings. The van der Waals surface area contributed by atoms with Crippen LogP contribution in [0.4, 0.5) is 0 Å². The molecule has 98 valence electrons. The number of hydrogen-bond donors (Lipinski definition) is 2. The van der Waals surface area contributed by atoms with E-state index in [1.165, 1.54) is 0 Å². The summed E-state index contributed by atoms with van der Waals surface area (Å²) in [5, 5.41) is 13.3. The van der Waals surface area contributed by atoms with Gasteiger partial charge in [-0.25, -0.2) is 0 Å². The third-order valence-electron chi connectivity index (χ3n) is 2.85. The molecule has 4 heteroatoms. The standard InChI is InChI=1S/C12H28N2O2/c1-5-14(6-2)9-8-13-11-12(3,15)7-10-16-4/h13,15H,5-11H2,1-4H3. The molecule has 0 aliphatic heterocycles. The summed E-state index contributed by atoms with van der Waals surface area (Å²) in [5.74, 6) is 0. The van der Waals surface area contributed by atoms with Crippen LogP contribution >= 0.6 is 0 Å². The molecular formula is C12H28N2O2. The van der Waals surface area contributed by atoms with E-state index in [1.54, 1.807) is 7.11 Å². The number of nitrogens with zero attached hydrogens (tertiary/aromatic N) is 1. The number of ether oxygens (including phenoxy) is 1. The van der Waals surface area contributed by atoms with Crippen LogP contribution < -0.4 is 5.32 Å². The molecule has 0 aromatic carbocycles. The molecule has 0 rings (SSSR count). The summed E-state index contributed by atoms with van der Waals surface area (Å²) in [6.07, 6.45) is 0.668. The number of methoxy groups -OCH3 is 1. The second-order valence-electron chi connectivity index (χ2n) is 4.44. The molecule has 4 nitrogen and oxygen atoms in total. The van der Waals surface area contributed by atoms with Gasteiger partial charge in [-0.2, -0.15) is 0 Å². The van der Waals surface area contributed by atoms with Crippen LogP contribution in [0.2, 0.25) is 0 Å². The van der Waals surface area contributed by atoms with E-state index >= 15 is 0 Å². The van der Waals surface area contributed by atoms with E-state index in [9.17, 15) is 5.11 Å². The Morgan fingerprint density at radius 1 is 1.31 bits per heavy atom. The van der Waals surface area contributed by atoms with Gasteiger partial charge in [0, 0.05) is 39.8 Å². The van der Waals surface area contributed by atoms with E-state index in [0.29, 0.717) is 19.6 Å². The summed E-state index contributed by atoms with van der Waals surface area (Å²) < 4.78 is 4.96. The van der Waals surface area contributed by atoms with E-state index in [4.69, 9.17) is 4.74 Å². The first kappa shape index (κ1) is 15.8. The van der Waals surface area contributed by atoms with Crippen molar-refractivity contribution in [1.29, 1.82) is 0 Å². The van der Waals surface area contributed by atoms with E-state index in [-0.39, 0.29) is 0 Å². The molecule has 0 aliphatic rings. The smallest absolute Gasteiger partial charge is 0.0765 e. The SMILES string of the molecule is CCN(CC)CCNCC(C)(O)CCOC. The Hall–Kier alpha value is -0.160. The molecule has 0 aliphatic carbocycles. The predicted molar refractivity (Wildman–Crippen MR) is 67.8 cm³/mol. The molecular weight excluding hydrogens is 204 g/mol. The molecule has 0 saturated carbocycles. The molecule has 0 heterocycles. The minimum atomic E-state index is -0.667. The summed E-state index contributed by atoms with van der Waals surface area (Å²) in [6, 6.07) is 0. The summed E-state index contributed by atoms with van der Waals surface area (Å²) in [5.41, 5.74) is -0.667. The summed E-state index contributed by atoms with van der Waals surface area (Å²) in [4.78, 5) is 2.36. The predicted octanol–water partition coefficient (Wildman–Crippen LogP) is 0.705. The third-order valence-corrected chi connectivity index (χ3v) is 2.85. The van der Waals surface area contributed by atoms with Crippen LogP contribution in [0.25, 0.3) is 0 Å². The van der Waals surface area contributed by atoms with E-state index in [2.05, 4.69) is 24.1 Å². The molecule has 0 amide bonds. The quantitative estimate of drug-likeness (QED) is 0.544. The number of hydrogen-bond acceptors (Lipinski definition) is 4. The van der Waals surface area contributed by atoms with Crippen molar-refractivity contribution >= 4 is 0 Å². The normalized spacial score (nSPS) is 15.4. The molecule has 1 unspecified atom stereocenters. The van der Waals surface area contributed by atoms with Crippen LogP contribution in [-0.2, 0) is 4.74 Å².